The van der Waals surface area contributed by atoms with Crippen molar-refractivity contribution in [2.45, 2.75) is 12.8 Å². The van der Waals surface area contributed by atoms with Gasteiger partial charge >= 0.3 is 0 Å². The molecule has 0 bridgehead atoms. The average molecular weight is 327 g/mol. The summed E-state index contributed by atoms with van der Waals surface area (Å²) in [5.41, 5.74) is 8.43. The van der Waals surface area contributed by atoms with Gasteiger partial charge in [-0.3, -0.25) is 9.48 Å². The van der Waals surface area contributed by atoms with Gasteiger partial charge in [0.1, 0.15) is 11.9 Å². The normalized spacial score (nSPS) is 20.2. The van der Waals surface area contributed by atoms with Gasteiger partial charge in [-0.05, 0) is 30.7 Å². The molecule has 24 heavy (non-hydrogen) atoms. The third kappa shape index (κ3) is 2.60. The predicted octanol–water partition coefficient (Wildman–Crippen LogP) is 1.44. The molecule has 1 fully saturated rings. The highest BCUT2D eigenvalue weighted by Crippen LogP contribution is 2.37. The van der Waals surface area contributed by atoms with Crippen molar-refractivity contribution in [2.24, 2.45) is 18.7 Å². The number of aryl methyl sites for hydroxylation is 1. The van der Waals surface area contributed by atoms with E-state index in [1.165, 1.54) is 12.1 Å². The number of rotatable bonds is 3. The number of nitrogens with zero attached hydrogens (tertiary/aromatic N) is 4. The highest BCUT2D eigenvalue weighted by molar-refractivity contribution is 5.80. The lowest BCUT2D eigenvalue weighted by Crippen LogP contribution is -2.29. The number of anilines is 1. The number of aromatic nitrogens is 2. The summed E-state index contributed by atoms with van der Waals surface area (Å²) in [4.78, 5) is 13.9. The number of amides is 1. The number of nitriles is 1. The van der Waals surface area contributed by atoms with E-state index in [-0.39, 0.29) is 23.3 Å². The number of hydrogen-bond acceptors (Lipinski definition) is 4. The summed E-state index contributed by atoms with van der Waals surface area (Å²) in [5.74, 6) is -1.33. The van der Waals surface area contributed by atoms with Gasteiger partial charge < -0.3 is 10.6 Å². The molecule has 3 rings (SSSR count). The van der Waals surface area contributed by atoms with Gasteiger partial charge in [0.15, 0.2) is 0 Å². The van der Waals surface area contributed by atoms with Crippen LogP contribution >= 0.6 is 0 Å². The predicted molar refractivity (Wildman–Crippen MR) is 86.7 cm³/mol. The number of benzene rings is 1. The van der Waals surface area contributed by atoms with Gasteiger partial charge in [-0.1, -0.05) is 0 Å². The maximum atomic E-state index is 13.4. The maximum Gasteiger partial charge on any atom is 0.223 e. The van der Waals surface area contributed by atoms with Gasteiger partial charge in [-0.25, -0.2) is 4.39 Å². The first-order chi connectivity index (χ1) is 11.4. The van der Waals surface area contributed by atoms with Crippen LogP contribution in [-0.2, 0) is 11.8 Å². The van der Waals surface area contributed by atoms with E-state index in [1.807, 2.05) is 24.9 Å². The lowest BCUT2D eigenvalue weighted by molar-refractivity contribution is -0.121. The summed E-state index contributed by atoms with van der Waals surface area (Å²) in [6, 6.07) is 6.11. The Bertz CT molecular complexity index is 838. The van der Waals surface area contributed by atoms with Crippen LogP contribution in [0.2, 0.25) is 0 Å². The molecular weight excluding hydrogens is 309 g/mol. The summed E-state index contributed by atoms with van der Waals surface area (Å²) in [6.45, 7) is 2.87. The Kier molecular flexibility index (Phi) is 3.97. The molecule has 7 heteroatoms. The summed E-state index contributed by atoms with van der Waals surface area (Å²) in [7, 11) is 1.85. The second kappa shape index (κ2) is 5.96. The van der Waals surface area contributed by atoms with Crippen molar-refractivity contribution in [3.8, 4) is 6.07 Å². The van der Waals surface area contributed by atoms with E-state index >= 15 is 0 Å². The molecule has 2 atom stereocenters. The highest BCUT2D eigenvalue weighted by atomic mass is 19.1. The zero-order valence-corrected chi connectivity index (χ0v) is 13.5. The molecule has 2 N–H and O–H groups in total. The Hall–Kier alpha value is -2.88. The topological polar surface area (TPSA) is 87.9 Å². The first kappa shape index (κ1) is 16.0. The molecule has 1 aliphatic rings. The van der Waals surface area contributed by atoms with Crippen LogP contribution in [0.5, 0.6) is 0 Å². The molecule has 0 radical (unpaired) electrons. The summed E-state index contributed by atoms with van der Waals surface area (Å²) in [5, 5.41) is 13.5. The number of carbonyl (C=O) groups is 1. The van der Waals surface area contributed by atoms with Gasteiger partial charge in [0.2, 0.25) is 5.91 Å². The molecule has 0 saturated carbocycles. The standard InChI is InChI=1S/C17H18FN5O/c1-10-13(7-21-22(10)2)14-8-23(9-15(14)17(20)24)16-4-3-12(18)5-11(16)6-19/h3-5,7,14-15H,8-9H2,1-2H3,(H2,20,24)/t14-,15+/m1/s1. The van der Waals surface area contributed by atoms with Crippen LogP contribution in [0.15, 0.2) is 24.4 Å². The molecular formula is C17H18FN5O. The molecule has 1 aromatic carbocycles. The minimum atomic E-state index is -0.458. The van der Waals surface area contributed by atoms with E-state index in [0.717, 1.165) is 11.3 Å². The van der Waals surface area contributed by atoms with Crippen LogP contribution in [0.25, 0.3) is 0 Å². The fraction of sp³-hybridized carbons (Fsp3) is 0.353. The number of primary amides is 1. The van der Waals surface area contributed by atoms with Crippen LogP contribution in [-0.4, -0.2) is 28.8 Å². The molecule has 2 heterocycles. The van der Waals surface area contributed by atoms with E-state index in [0.29, 0.717) is 18.8 Å². The lowest BCUT2D eigenvalue weighted by Gasteiger charge is -2.19. The molecule has 1 saturated heterocycles. The smallest absolute Gasteiger partial charge is 0.223 e. The van der Waals surface area contributed by atoms with E-state index in [9.17, 15) is 14.4 Å². The van der Waals surface area contributed by atoms with Gasteiger partial charge in [0, 0.05) is 31.7 Å². The minimum Gasteiger partial charge on any atom is -0.369 e. The van der Waals surface area contributed by atoms with Crippen molar-refractivity contribution >= 4 is 11.6 Å². The van der Waals surface area contributed by atoms with E-state index < -0.39 is 5.82 Å². The molecule has 2 aromatic rings. The number of halogens is 1. The van der Waals surface area contributed by atoms with E-state index in [2.05, 4.69) is 5.10 Å². The first-order valence-corrected chi connectivity index (χ1v) is 7.64. The van der Waals surface area contributed by atoms with Gasteiger partial charge in [-0.15, -0.1) is 0 Å². The van der Waals surface area contributed by atoms with Crippen LogP contribution in [0.3, 0.4) is 0 Å². The van der Waals surface area contributed by atoms with Gasteiger partial charge in [-0.2, -0.15) is 10.4 Å². The van der Waals surface area contributed by atoms with Crippen LogP contribution in [0.1, 0.15) is 22.7 Å². The Morgan fingerprint density at radius 2 is 2.21 bits per heavy atom. The highest BCUT2D eigenvalue weighted by Gasteiger charge is 2.39. The fourth-order valence-electron chi connectivity index (χ4n) is 3.36. The third-order valence-corrected chi connectivity index (χ3v) is 4.78. The number of nitrogens with two attached hydrogens (primary N) is 1. The number of hydrogen-bond donors (Lipinski definition) is 1. The SMILES string of the molecule is Cc1c([C@H]2CN(c3ccc(F)cc3C#N)C[C@@H]2C(N)=O)cnn1C. The second-order valence-electron chi connectivity index (χ2n) is 6.10. The zero-order valence-electron chi connectivity index (χ0n) is 13.5. The quantitative estimate of drug-likeness (QED) is 0.924. The molecule has 1 aromatic heterocycles. The van der Waals surface area contributed by atoms with E-state index in [1.54, 1.807) is 16.9 Å². The van der Waals surface area contributed by atoms with Crippen molar-refractivity contribution in [1.82, 2.24) is 9.78 Å². The molecule has 0 unspecified atom stereocenters. The monoisotopic (exact) mass is 327 g/mol. The van der Waals surface area contributed by atoms with Gasteiger partial charge in [0.05, 0.1) is 23.4 Å². The zero-order chi connectivity index (χ0) is 17.4. The Morgan fingerprint density at radius 1 is 1.46 bits per heavy atom. The largest absolute Gasteiger partial charge is 0.369 e. The molecule has 0 aliphatic carbocycles. The minimum absolute atomic E-state index is 0.104. The van der Waals surface area contributed by atoms with Crippen molar-refractivity contribution < 1.29 is 9.18 Å². The third-order valence-electron chi connectivity index (χ3n) is 4.78. The summed E-state index contributed by atoms with van der Waals surface area (Å²) in [6.07, 6.45) is 1.76. The Balaban J connectivity index is 1.98. The van der Waals surface area contributed by atoms with Crippen LogP contribution < -0.4 is 10.6 Å². The molecule has 124 valence electrons. The second-order valence-corrected chi connectivity index (χ2v) is 6.10. The van der Waals surface area contributed by atoms with Crippen LogP contribution in [0, 0.1) is 30.0 Å². The van der Waals surface area contributed by atoms with E-state index in [4.69, 9.17) is 5.73 Å². The van der Waals surface area contributed by atoms with Crippen LogP contribution in [0.4, 0.5) is 10.1 Å². The maximum absolute atomic E-state index is 13.4. The summed E-state index contributed by atoms with van der Waals surface area (Å²) < 4.78 is 15.1. The van der Waals surface area contributed by atoms with Gasteiger partial charge in [0.25, 0.3) is 0 Å². The molecule has 0 spiro atoms. The number of carbonyl (C=O) groups excluding carboxylic acids is 1. The Morgan fingerprint density at radius 3 is 2.79 bits per heavy atom. The van der Waals surface area contributed by atoms with Crippen molar-refractivity contribution in [2.75, 3.05) is 18.0 Å². The first-order valence-electron chi connectivity index (χ1n) is 7.64. The molecule has 1 aliphatic heterocycles. The Labute approximate surface area is 139 Å². The molecule has 1 amide bonds. The summed E-state index contributed by atoms with van der Waals surface area (Å²) >= 11 is 0. The molecule has 6 nitrogen and oxygen atoms in total. The fourth-order valence-corrected chi connectivity index (χ4v) is 3.36. The average Bonchev–Trinajstić information content (AvgIpc) is 3.12. The van der Waals surface area contributed by atoms with Crippen molar-refractivity contribution in [3.05, 3.63) is 47.0 Å². The van der Waals surface area contributed by atoms with Crippen molar-refractivity contribution in [3.63, 3.8) is 0 Å². The lowest BCUT2D eigenvalue weighted by atomic mass is 9.89. The van der Waals surface area contributed by atoms with Crippen molar-refractivity contribution in [1.29, 1.82) is 5.26 Å².